The van der Waals surface area contributed by atoms with Crippen LogP contribution in [0.2, 0.25) is 0 Å². The summed E-state index contributed by atoms with van der Waals surface area (Å²) >= 11 is 0. The van der Waals surface area contributed by atoms with Crippen molar-refractivity contribution < 1.29 is 9.84 Å². The number of aliphatic hydroxyl groups is 1. The molecular formula is C40H50N11O2P. The number of H-pyrrole nitrogens is 1. The number of hydrogen-bond acceptors (Lipinski definition) is 11. The number of rotatable bonds is 10. The Morgan fingerprint density at radius 1 is 0.963 bits per heavy atom. The Morgan fingerprint density at radius 2 is 1.72 bits per heavy atom. The zero-order valence-corrected chi connectivity index (χ0v) is 32.9. The molecule has 282 valence electrons. The molecule has 0 unspecified atom stereocenters. The zero-order valence-electron chi connectivity index (χ0n) is 32.0. The number of benzene rings is 2. The van der Waals surface area contributed by atoms with Crippen LogP contribution in [0, 0.1) is 5.41 Å². The highest BCUT2D eigenvalue weighted by molar-refractivity contribution is 7.65. The summed E-state index contributed by atoms with van der Waals surface area (Å²) in [5.74, 6) is 1.82. The predicted molar refractivity (Wildman–Crippen MR) is 219 cm³/mol. The molecule has 2 saturated heterocycles. The van der Waals surface area contributed by atoms with E-state index in [1.54, 1.807) is 19.5 Å². The molecule has 54 heavy (non-hydrogen) atoms. The van der Waals surface area contributed by atoms with E-state index in [9.17, 15) is 5.11 Å². The third-order valence-corrected chi connectivity index (χ3v) is 12.9. The standard InChI is InChI=1S/C40H50N11O2P/c1-39(2,25-52)51-19-12-40(13-20-51)10-17-50(18-11-40)32-22-33(53-4)31(21-28(32)26-23-44-49(3)24-26)46-38-47-36-27(9-14-43-36)37(48-38)45-30-8-7-29-34(35(30)54(5)6)42-16-15-41-29/h7-9,14-16,21-24,52H,10-13,17-20,25H2,1-6H3,(H3,43,45,46,47,48). The van der Waals surface area contributed by atoms with Crippen molar-refractivity contribution in [2.75, 3.05) is 68.8 Å². The first-order valence-electron chi connectivity index (χ1n) is 18.7. The van der Waals surface area contributed by atoms with Gasteiger partial charge in [0.05, 0.1) is 42.0 Å². The molecule has 2 aliphatic heterocycles. The average Bonchev–Trinajstić information content (AvgIpc) is 3.84. The largest absolute Gasteiger partial charge is 0.494 e. The first-order valence-corrected chi connectivity index (χ1v) is 20.9. The van der Waals surface area contributed by atoms with Gasteiger partial charge in [-0.05, 0) is 95.6 Å². The molecule has 0 aliphatic carbocycles. The third-order valence-electron chi connectivity index (χ3n) is 11.5. The number of anilines is 5. The maximum atomic E-state index is 9.95. The van der Waals surface area contributed by atoms with E-state index in [2.05, 4.69) is 87.1 Å². The summed E-state index contributed by atoms with van der Waals surface area (Å²) in [6.45, 7) is 12.9. The quantitative estimate of drug-likeness (QED) is 0.112. The summed E-state index contributed by atoms with van der Waals surface area (Å²) in [4.78, 5) is 27.4. The number of hydrogen-bond donors (Lipinski definition) is 4. The molecule has 0 atom stereocenters. The second-order valence-corrected chi connectivity index (χ2v) is 17.8. The maximum Gasteiger partial charge on any atom is 0.231 e. The van der Waals surface area contributed by atoms with E-state index >= 15 is 0 Å². The van der Waals surface area contributed by atoms with Crippen molar-refractivity contribution in [3.63, 3.8) is 0 Å². The van der Waals surface area contributed by atoms with Crippen LogP contribution >= 0.6 is 7.92 Å². The SMILES string of the molecule is COc1cc(N2CCC3(CC2)CCN(C(C)(C)CO)CC3)c(-c2cnn(C)c2)cc1Nc1nc(Nc2ccc3nccnc3c2P(C)C)c2cc[nH]c2n1. The van der Waals surface area contributed by atoms with Gasteiger partial charge in [-0.1, -0.05) is 7.92 Å². The minimum atomic E-state index is -0.513. The summed E-state index contributed by atoms with van der Waals surface area (Å²) in [5, 5.41) is 23.7. The Labute approximate surface area is 317 Å². The number of ether oxygens (including phenoxy) is 1. The van der Waals surface area contributed by atoms with Gasteiger partial charge in [0, 0.05) is 84.3 Å². The summed E-state index contributed by atoms with van der Waals surface area (Å²) in [5.41, 5.74) is 7.61. The van der Waals surface area contributed by atoms with E-state index in [1.807, 2.05) is 36.3 Å². The molecule has 6 aromatic rings. The summed E-state index contributed by atoms with van der Waals surface area (Å²) < 4.78 is 7.91. The van der Waals surface area contributed by atoms with E-state index in [4.69, 9.17) is 19.7 Å². The molecule has 1 spiro atoms. The predicted octanol–water partition coefficient (Wildman–Crippen LogP) is 6.62. The Kier molecular flexibility index (Phi) is 9.66. The second-order valence-electron chi connectivity index (χ2n) is 15.6. The molecule has 0 saturated carbocycles. The van der Waals surface area contributed by atoms with Gasteiger partial charge < -0.3 is 30.4 Å². The van der Waals surface area contributed by atoms with Gasteiger partial charge in [0.1, 0.15) is 17.2 Å². The van der Waals surface area contributed by atoms with E-state index in [0.29, 0.717) is 28.6 Å². The van der Waals surface area contributed by atoms with E-state index in [0.717, 1.165) is 88.9 Å². The molecule has 2 fully saturated rings. The lowest BCUT2D eigenvalue weighted by atomic mass is 9.70. The summed E-state index contributed by atoms with van der Waals surface area (Å²) in [6.07, 6.45) is 14.0. The Morgan fingerprint density at radius 3 is 2.43 bits per heavy atom. The van der Waals surface area contributed by atoms with Crippen molar-refractivity contribution in [3.05, 3.63) is 61.3 Å². The van der Waals surface area contributed by atoms with E-state index < -0.39 is 7.92 Å². The normalized spacial score (nSPS) is 16.5. The van der Waals surface area contributed by atoms with Crippen molar-refractivity contribution in [2.45, 2.75) is 45.1 Å². The van der Waals surface area contributed by atoms with E-state index in [1.165, 1.54) is 12.8 Å². The molecule has 2 aliphatic rings. The number of methoxy groups -OCH3 is 1. The van der Waals surface area contributed by atoms with Crippen molar-refractivity contribution in [1.29, 1.82) is 0 Å². The molecule has 13 nitrogen and oxygen atoms in total. The smallest absolute Gasteiger partial charge is 0.231 e. The van der Waals surface area contributed by atoms with Crippen LogP contribution in [0.1, 0.15) is 39.5 Å². The molecule has 0 amide bonds. The van der Waals surface area contributed by atoms with Crippen LogP contribution in [0.4, 0.5) is 28.8 Å². The molecular weight excluding hydrogens is 697 g/mol. The molecule has 0 radical (unpaired) electrons. The molecule has 4 aromatic heterocycles. The summed E-state index contributed by atoms with van der Waals surface area (Å²) in [7, 11) is 3.14. The lowest BCUT2D eigenvalue weighted by Crippen LogP contribution is -2.54. The highest BCUT2D eigenvalue weighted by Gasteiger charge is 2.41. The van der Waals surface area contributed by atoms with Crippen LogP contribution in [0.3, 0.4) is 0 Å². The average molecular weight is 748 g/mol. The minimum absolute atomic E-state index is 0.172. The van der Waals surface area contributed by atoms with Crippen LogP contribution in [0.25, 0.3) is 33.2 Å². The minimum Gasteiger partial charge on any atom is -0.494 e. The van der Waals surface area contributed by atoms with Gasteiger partial charge in [0.25, 0.3) is 0 Å². The Balaban J connectivity index is 1.10. The Bertz CT molecular complexity index is 2280. The Hall–Kier alpha value is -4.84. The number of fused-ring (bicyclic) bond motifs is 2. The molecule has 8 rings (SSSR count). The van der Waals surface area contributed by atoms with Crippen molar-refractivity contribution in [2.24, 2.45) is 12.5 Å². The number of aromatic nitrogens is 7. The fourth-order valence-corrected chi connectivity index (χ4v) is 9.42. The molecule has 0 bridgehead atoms. The van der Waals surface area contributed by atoms with Gasteiger partial charge in [0.2, 0.25) is 5.95 Å². The number of nitrogens with one attached hydrogen (secondary N) is 3. The lowest BCUT2D eigenvalue weighted by molar-refractivity contribution is -0.00418. The van der Waals surface area contributed by atoms with Crippen LogP contribution in [-0.4, -0.2) is 103 Å². The topological polar surface area (TPSA) is 145 Å². The highest BCUT2D eigenvalue weighted by Crippen LogP contribution is 2.46. The third kappa shape index (κ3) is 6.85. The fourth-order valence-electron chi connectivity index (χ4n) is 8.21. The van der Waals surface area contributed by atoms with Crippen LogP contribution in [0.15, 0.2) is 61.3 Å². The van der Waals surface area contributed by atoms with E-state index in [-0.39, 0.29) is 12.1 Å². The maximum absolute atomic E-state index is 9.95. The number of aliphatic hydroxyl groups excluding tert-OH is 1. The van der Waals surface area contributed by atoms with Crippen LogP contribution in [-0.2, 0) is 7.05 Å². The molecule has 14 heteroatoms. The molecule has 2 aromatic carbocycles. The lowest BCUT2D eigenvalue weighted by Gasteiger charge is -2.50. The van der Waals surface area contributed by atoms with Crippen molar-refractivity contribution in [1.82, 2.24) is 39.6 Å². The zero-order chi connectivity index (χ0) is 37.6. The number of piperidine rings is 2. The van der Waals surface area contributed by atoms with Gasteiger partial charge in [-0.3, -0.25) is 19.5 Å². The van der Waals surface area contributed by atoms with Crippen LogP contribution in [0.5, 0.6) is 5.75 Å². The van der Waals surface area contributed by atoms with Crippen molar-refractivity contribution in [3.8, 4) is 16.9 Å². The van der Waals surface area contributed by atoms with Crippen LogP contribution < -0.4 is 25.6 Å². The van der Waals surface area contributed by atoms with Crippen molar-refractivity contribution >= 4 is 64.1 Å². The molecule has 6 heterocycles. The number of aromatic amines is 1. The van der Waals surface area contributed by atoms with Gasteiger partial charge in [-0.2, -0.15) is 15.1 Å². The second kappa shape index (κ2) is 14.4. The monoisotopic (exact) mass is 747 g/mol. The summed E-state index contributed by atoms with van der Waals surface area (Å²) in [6, 6.07) is 10.3. The first kappa shape index (κ1) is 36.2. The van der Waals surface area contributed by atoms with Gasteiger partial charge in [0.15, 0.2) is 0 Å². The molecule has 4 N–H and O–H groups in total. The number of likely N-dealkylation sites (tertiary alicyclic amines) is 1. The fraction of sp³-hybridized carbons (Fsp3) is 0.425. The van der Waals surface area contributed by atoms with Gasteiger partial charge >= 0.3 is 0 Å². The van der Waals surface area contributed by atoms with Gasteiger partial charge in [-0.25, -0.2) is 0 Å². The first-order chi connectivity index (χ1) is 26.1. The number of nitrogens with zero attached hydrogens (tertiary/aromatic N) is 8. The van der Waals surface area contributed by atoms with Gasteiger partial charge in [-0.15, -0.1) is 0 Å². The highest BCUT2D eigenvalue weighted by atomic mass is 31.1. The number of aryl methyl sites for hydroxylation is 1.